The molecule has 1 aromatic heterocycles. The smallest absolute Gasteiger partial charge is 0.124 e. The highest BCUT2D eigenvalue weighted by Gasteiger charge is 2.20. The minimum absolute atomic E-state index is 0.108. The van der Waals surface area contributed by atoms with Crippen LogP contribution in [0.3, 0.4) is 0 Å². The van der Waals surface area contributed by atoms with Crippen LogP contribution < -0.4 is 10.1 Å². The van der Waals surface area contributed by atoms with Crippen LogP contribution in [0.4, 0.5) is 0 Å². The van der Waals surface area contributed by atoms with Gasteiger partial charge in [-0.15, -0.1) is 0 Å². The molecule has 1 aromatic carbocycles. The first-order valence-electron chi connectivity index (χ1n) is 7.77. The number of para-hydroxylation sites is 1. The molecule has 114 valence electrons. The fraction of sp³-hybridized carbons (Fsp3) is 0.444. The minimum Gasteiger partial charge on any atom is -0.493 e. The molecule has 0 fully saturated rings. The second-order valence-corrected chi connectivity index (χ2v) is 5.21. The van der Waals surface area contributed by atoms with Gasteiger partial charge in [0.1, 0.15) is 11.5 Å². The molecule has 0 aliphatic carbocycles. The molecule has 0 bridgehead atoms. The van der Waals surface area contributed by atoms with E-state index in [1.54, 1.807) is 6.26 Å². The monoisotopic (exact) mass is 287 g/mol. The Morgan fingerprint density at radius 1 is 1.10 bits per heavy atom. The summed E-state index contributed by atoms with van der Waals surface area (Å²) >= 11 is 0. The molecule has 0 amide bonds. The Kier molecular flexibility index (Phi) is 5.88. The molecule has 3 nitrogen and oxygen atoms in total. The highest BCUT2D eigenvalue weighted by molar-refractivity contribution is 5.42. The van der Waals surface area contributed by atoms with E-state index >= 15 is 0 Å². The maximum Gasteiger partial charge on any atom is 0.124 e. The number of ether oxygens (including phenoxy) is 1. The summed E-state index contributed by atoms with van der Waals surface area (Å²) in [6, 6.07) is 10.4. The molecular formula is C18H25NO2. The zero-order valence-corrected chi connectivity index (χ0v) is 13.2. The van der Waals surface area contributed by atoms with Gasteiger partial charge in [-0.1, -0.05) is 32.0 Å². The van der Waals surface area contributed by atoms with E-state index in [0.717, 1.165) is 37.5 Å². The molecule has 1 unspecified atom stereocenters. The summed E-state index contributed by atoms with van der Waals surface area (Å²) in [4.78, 5) is 0. The van der Waals surface area contributed by atoms with Gasteiger partial charge in [0, 0.05) is 11.1 Å². The Morgan fingerprint density at radius 2 is 1.90 bits per heavy atom. The number of hydrogen-bond donors (Lipinski definition) is 1. The Morgan fingerprint density at radius 3 is 2.57 bits per heavy atom. The quantitative estimate of drug-likeness (QED) is 0.778. The first kappa shape index (κ1) is 15.6. The van der Waals surface area contributed by atoms with Crippen molar-refractivity contribution in [3.63, 3.8) is 0 Å². The van der Waals surface area contributed by atoms with E-state index in [4.69, 9.17) is 9.15 Å². The number of furan rings is 1. The van der Waals surface area contributed by atoms with Crippen molar-refractivity contribution in [2.45, 2.75) is 39.7 Å². The van der Waals surface area contributed by atoms with Crippen LogP contribution in [0.5, 0.6) is 5.75 Å². The van der Waals surface area contributed by atoms with Crippen molar-refractivity contribution < 1.29 is 9.15 Å². The third kappa shape index (κ3) is 3.88. The summed E-state index contributed by atoms with van der Waals surface area (Å²) in [5.41, 5.74) is 2.35. The largest absolute Gasteiger partial charge is 0.493 e. The molecule has 0 aliphatic heterocycles. The summed E-state index contributed by atoms with van der Waals surface area (Å²) in [5, 5.41) is 3.61. The summed E-state index contributed by atoms with van der Waals surface area (Å²) < 4.78 is 11.4. The predicted octanol–water partition coefficient (Wildman–Crippen LogP) is 4.47. The molecule has 1 N–H and O–H groups in total. The number of aryl methyl sites for hydroxylation is 1. The molecule has 1 heterocycles. The Hall–Kier alpha value is -1.74. The van der Waals surface area contributed by atoms with Crippen LogP contribution in [0.25, 0.3) is 0 Å². The topological polar surface area (TPSA) is 34.4 Å². The fourth-order valence-electron chi connectivity index (χ4n) is 2.43. The summed E-state index contributed by atoms with van der Waals surface area (Å²) in [6.07, 6.45) is 3.85. The fourth-order valence-corrected chi connectivity index (χ4v) is 2.43. The Balaban J connectivity index is 2.34. The molecule has 0 radical (unpaired) electrons. The molecule has 0 saturated carbocycles. The van der Waals surface area contributed by atoms with Gasteiger partial charge in [0.2, 0.25) is 0 Å². The SMILES string of the molecule is CCCNC(c1ccccc1OCCC)c1ccoc1C. The maximum absolute atomic E-state index is 5.91. The first-order chi connectivity index (χ1) is 10.3. The van der Waals surface area contributed by atoms with Gasteiger partial charge in [-0.3, -0.25) is 0 Å². The lowest BCUT2D eigenvalue weighted by atomic mass is 9.98. The molecule has 1 atom stereocenters. The average Bonchev–Trinajstić information content (AvgIpc) is 2.93. The van der Waals surface area contributed by atoms with Crippen molar-refractivity contribution in [2.24, 2.45) is 0 Å². The number of hydrogen-bond acceptors (Lipinski definition) is 3. The normalized spacial score (nSPS) is 12.3. The van der Waals surface area contributed by atoms with Crippen molar-refractivity contribution in [1.29, 1.82) is 0 Å². The second-order valence-electron chi connectivity index (χ2n) is 5.21. The van der Waals surface area contributed by atoms with Crippen LogP contribution in [0.1, 0.15) is 49.6 Å². The standard InChI is InChI=1S/C18H25NO2/c1-4-11-19-18(15-10-13-20-14(15)3)16-8-6-7-9-17(16)21-12-5-2/h6-10,13,18-19H,4-5,11-12H2,1-3H3. The van der Waals surface area contributed by atoms with E-state index in [2.05, 4.69) is 31.3 Å². The van der Waals surface area contributed by atoms with Gasteiger partial charge in [-0.2, -0.15) is 0 Å². The highest BCUT2D eigenvalue weighted by atomic mass is 16.5. The molecule has 0 spiro atoms. The average molecular weight is 287 g/mol. The van der Waals surface area contributed by atoms with Crippen LogP contribution in [-0.4, -0.2) is 13.2 Å². The van der Waals surface area contributed by atoms with Gasteiger partial charge < -0.3 is 14.5 Å². The predicted molar refractivity (Wildman–Crippen MR) is 85.8 cm³/mol. The molecule has 0 saturated heterocycles. The number of rotatable bonds is 8. The Labute approximate surface area is 127 Å². The van der Waals surface area contributed by atoms with Gasteiger partial charge in [0.05, 0.1) is 18.9 Å². The van der Waals surface area contributed by atoms with Crippen LogP contribution in [0, 0.1) is 6.92 Å². The number of benzene rings is 1. The van der Waals surface area contributed by atoms with Crippen molar-refractivity contribution in [1.82, 2.24) is 5.32 Å². The van der Waals surface area contributed by atoms with Gasteiger partial charge in [0.15, 0.2) is 0 Å². The first-order valence-corrected chi connectivity index (χ1v) is 7.77. The van der Waals surface area contributed by atoms with Crippen molar-refractivity contribution >= 4 is 0 Å². The van der Waals surface area contributed by atoms with E-state index in [0.29, 0.717) is 0 Å². The zero-order chi connectivity index (χ0) is 15.1. The van der Waals surface area contributed by atoms with E-state index < -0.39 is 0 Å². The third-order valence-electron chi connectivity index (χ3n) is 3.50. The van der Waals surface area contributed by atoms with Crippen LogP contribution in [0.15, 0.2) is 41.0 Å². The van der Waals surface area contributed by atoms with Gasteiger partial charge in [-0.25, -0.2) is 0 Å². The molecule has 21 heavy (non-hydrogen) atoms. The molecule has 3 heteroatoms. The molecule has 2 aromatic rings. The van der Waals surface area contributed by atoms with Crippen molar-refractivity contribution in [3.05, 3.63) is 53.5 Å². The van der Waals surface area contributed by atoms with Crippen LogP contribution in [-0.2, 0) is 0 Å². The summed E-state index contributed by atoms with van der Waals surface area (Å²) in [6.45, 7) is 7.99. The second kappa shape index (κ2) is 7.89. The molecule has 0 aliphatic rings. The Bertz CT molecular complexity index is 548. The highest BCUT2D eigenvalue weighted by Crippen LogP contribution is 2.32. The zero-order valence-electron chi connectivity index (χ0n) is 13.2. The summed E-state index contributed by atoms with van der Waals surface area (Å²) in [7, 11) is 0. The van der Waals surface area contributed by atoms with E-state index in [1.165, 1.54) is 11.1 Å². The lowest BCUT2D eigenvalue weighted by Gasteiger charge is -2.21. The van der Waals surface area contributed by atoms with Gasteiger partial charge in [0.25, 0.3) is 0 Å². The lowest BCUT2D eigenvalue weighted by molar-refractivity contribution is 0.311. The van der Waals surface area contributed by atoms with E-state index in [9.17, 15) is 0 Å². The van der Waals surface area contributed by atoms with Crippen LogP contribution in [0.2, 0.25) is 0 Å². The maximum atomic E-state index is 5.91. The van der Waals surface area contributed by atoms with Crippen molar-refractivity contribution in [2.75, 3.05) is 13.2 Å². The lowest BCUT2D eigenvalue weighted by Crippen LogP contribution is -2.24. The third-order valence-corrected chi connectivity index (χ3v) is 3.50. The molecular weight excluding hydrogens is 262 g/mol. The molecule has 2 rings (SSSR count). The van der Waals surface area contributed by atoms with E-state index in [1.807, 2.05) is 25.1 Å². The van der Waals surface area contributed by atoms with E-state index in [-0.39, 0.29) is 6.04 Å². The minimum atomic E-state index is 0.108. The van der Waals surface area contributed by atoms with Crippen LogP contribution >= 0.6 is 0 Å². The summed E-state index contributed by atoms with van der Waals surface area (Å²) in [5.74, 6) is 1.91. The number of nitrogens with one attached hydrogen (secondary N) is 1. The van der Waals surface area contributed by atoms with Gasteiger partial charge in [-0.05, 0) is 38.4 Å². The van der Waals surface area contributed by atoms with Crippen molar-refractivity contribution in [3.8, 4) is 5.75 Å². The van der Waals surface area contributed by atoms with Gasteiger partial charge >= 0.3 is 0 Å².